The number of rotatable bonds is 3. The van der Waals surface area contributed by atoms with Gasteiger partial charge in [0.1, 0.15) is 0 Å². The number of carbonyl (C=O) groups excluding carboxylic acids is 1. The van der Waals surface area contributed by atoms with E-state index >= 15 is 0 Å². The molecule has 0 bridgehead atoms. The Bertz CT molecular complexity index is 557. The number of amides is 1. The quantitative estimate of drug-likeness (QED) is 0.449. The van der Waals surface area contributed by atoms with Crippen LogP contribution >= 0.6 is 0 Å². The molecule has 5 nitrogen and oxygen atoms in total. The number of carbonyl (C=O) groups is 1. The molecule has 0 unspecified atom stereocenters. The molecule has 0 spiro atoms. The summed E-state index contributed by atoms with van der Waals surface area (Å²) in [5, 5.41) is 27.9. The molecular weight excluding hydrogens is 270 g/mol. The molecule has 0 atom stereocenters. The fraction of sp³-hybridized carbons (Fsp3) is 0.312. The summed E-state index contributed by atoms with van der Waals surface area (Å²) >= 11 is 0. The summed E-state index contributed by atoms with van der Waals surface area (Å²) in [6.45, 7) is 1.17. The number of phenols is 2. The number of aromatic hydroxyl groups is 2. The van der Waals surface area contributed by atoms with Crippen LogP contribution in [0, 0.1) is 0 Å². The molecule has 1 fully saturated rings. The molecule has 0 radical (unpaired) electrons. The van der Waals surface area contributed by atoms with Crippen LogP contribution in [0.3, 0.4) is 0 Å². The van der Waals surface area contributed by atoms with Crippen LogP contribution in [0.5, 0.6) is 11.5 Å². The maximum absolute atomic E-state index is 11.9. The van der Waals surface area contributed by atoms with Gasteiger partial charge in [-0.25, -0.2) is 0 Å². The van der Waals surface area contributed by atoms with Crippen molar-refractivity contribution in [3.63, 3.8) is 0 Å². The lowest BCUT2D eigenvalue weighted by Gasteiger charge is -2.28. The maximum Gasteiger partial charge on any atom is 0.246 e. The van der Waals surface area contributed by atoms with E-state index in [0.29, 0.717) is 25.9 Å². The molecule has 1 aliphatic rings. The molecule has 1 heterocycles. The van der Waals surface area contributed by atoms with Gasteiger partial charge in [-0.2, -0.15) is 0 Å². The molecule has 0 saturated carbocycles. The summed E-state index contributed by atoms with van der Waals surface area (Å²) in [6.07, 6.45) is 7.50. The van der Waals surface area contributed by atoms with Crippen LogP contribution in [0.2, 0.25) is 0 Å². The van der Waals surface area contributed by atoms with Crippen molar-refractivity contribution < 1.29 is 20.1 Å². The third-order valence-corrected chi connectivity index (χ3v) is 3.41. The number of aliphatic hydroxyl groups is 1. The number of hydrogen-bond donors (Lipinski definition) is 3. The molecule has 3 N–H and O–H groups in total. The molecule has 21 heavy (non-hydrogen) atoms. The van der Waals surface area contributed by atoms with Gasteiger partial charge >= 0.3 is 0 Å². The molecule has 2 rings (SSSR count). The number of phenolic OH excluding ortho intramolecular Hbond substituents is 2. The van der Waals surface area contributed by atoms with Crippen molar-refractivity contribution in [1.82, 2.24) is 4.90 Å². The minimum absolute atomic E-state index is 0.0693. The Labute approximate surface area is 123 Å². The second kappa shape index (κ2) is 6.95. The zero-order valence-corrected chi connectivity index (χ0v) is 11.6. The molecule has 1 aliphatic heterocycles. The van der Waals surface area contributed by atoms with Crippen molar-refractivity contribution in [3.05, 3.63) is 42.0 Å². The summed E-state index contributed by atoms with van der Waals surface area (Å²) < 4.78 is 0. The Morgan fingerprint density at radius 3 is 2.52 bits per heavy atom. The first-order valence-corrected chi connectivity index (χ1v) is 6.90. The van der Waals surface area contributed by atoms with E-state index in [1.54, 1.807) is 29.2 Å². The summed E-state index contributed by atoms with van der Waals surface area (Å²) in [4.78, 5) is 13.6. The topological polar surface area (TPSA) is 81.0 Å². The third kappa shape index (κ3) is 4.36. The number of allylic oxidation sites excluding steroid dienone is 2. The highest BCUT2D eigenvalue weighted by Gasteiger charge is 2.19. The molecule has 1 aromatic carbocycles. The van der Waals surface area contributed by atoms with Gasteiger partial charge in [0.25, 0.3) is 0 Å². The lowest BCUT2D eigenvalue weighted by atomic mass is 10.1. The van der Waals surface area contributed by atoms with Crippen molar-refractivity contribution in [2.45, 2.75) is 18.9 Å². The SMILES string of the molecule is O=C(/C=C/C=C/c1ccc(O)c(O)c1)N1CCC(O)CC1. The van der Waals surface area contributed by atoms with Crippen molar-refractivity contribution in [3.8, 4) is 11.5 Å². The summed E-state index contributed by atoms with van der Waals surface area (Å²) in [5.41, 5.74) is 0.725. The van der Waals surface area contributed by atoms with Crippen LogP contribution in [0.1, 0.15) is 18.4 Å². The average molecular weight is 289 g/mol. The van der Waals surface area contributed by atoms with Crippen molar-refractivity contribution in [2.24, 2.45) is 0 Å². The lowest BCUT2D eigenvalue weighted by molar-refractivity contribution is -0.127. The second-order valence-electron chi connectivity index (χ2n) is 5.02. The number of hydrogen-bond acceptors (Lipinski definition) is 4. The van der Waals surface area contributed by atoms with Crippen LogP contribution in [-0.2, 0) is 4.79 Å². The zero-order valence-electron chi connectivity index (χ0n) is 11.6. The molecule has 1 saturated heterocycles. The molecule has 5 heteroatoms. The fourth-order valence-corrected chi connectivity index (χ4v) is 2.14. The van der Waals surface area contributed by atoms with Crippen LogP contribution in [-0.4, -0.2) is 45.3 Å². The lowest BCUT2D eigenvalue weighted by Crippen LogP contribution is -2.39. The normalized spacial score (nSPS) is 16.9. The monoisotopic (exact) mass is 289 g/mol. The predicted molar refractivity (Wildman–Crippen MR) is 79.8 cm³/mol. The van der Waals surface area contributed by atoms with Crippen LogP contribution in [0.4, 0.5) is 0 Å². The standard InChI is InChI=1S/C16H19NO4/c18-13-7-9-17(10-8-13)16(21)4-2-1-3-12-5-6-14(19)15(20)11-12/h1-6,11,13,18-20H,7-10H2/b3-1+,4-2+. The van der Waals surface area contributed by atoms with E-state index in [1.165, 1.54) is 18.2 Å². The van der Waals surface area contributed by atoms with Crippen molar-refractivity contribution >= 4 is 12.0 Å². The highest BCUT2D eigenvalue weighted by atomic mass is 16.3. The Morgan fingerprint density at radius 2 is 1.86 bits per heavy atom. The number of piperidine rings is 1. The van der Waals surface area contributed by atoms with Gasteiger partial charge in [-0.15, -0.1) is 0 Å². The Balaban J connectivity index is 1.87. The van der Waals surface area contributed by atoms with E-state index < -0.39 is 0 Å². The van der Waals surface area contributed by atoms with E-state index in [2.05, 4.69) is 0 Å². The average Bonchev–Trinajstić information content (AvgIpc) is 2.47. The van der Waals surface area contributed by atoms with Crippen LogP contribution in [0.25, 0.3) is 6.08 Å². The van der Waals surface area contributed by atoms with Gasteiger partial charge in [0.2, 0.25) is 5.91 Å². The van der Waals surface area contributed by atoms with E-state index in [4.69, 9.17) is 0 Å². The van der Waals surface area contributed by atoms with Crippen molar-refractivity contribution in [1.29, 1.82) is 0 Å². The van der Waals surface area contributed by atoms with Gasteiger partial charge < -0.3 is 20.2 Å². The number of aliphatic hydroxyl groups excluding tert-OH is 1. The highest BCUT2D eigenvalue weighted by Crippen LogP contribution is 2.25. The molecule has 1 aromatic rings. The maximum atomic E-state index is 11.9. The highest BCUT2D eigenvalue weighted by molar-refractivity contribution is 5.88. The minimum atomic E-state index is -0.292. The smallest absolute Gasteiger partial charge is 0.246 e. The van der Waals surface area contributed by atoms with Crippen LogP contribution in [0.15, 0.2) is 36.4 Å². The Morgan fingerprint density at radius 1 is 1.14 bits per heavy atom. The van der Waals surface area contributed by atoms with Gasteiger partial charge in [0.05, 0.1) is 6.10 Å². The largest absolute Gasteiger partial charge is 0.504 e. The van der Waals surface area contributed by atoms with E-state index in [0.717, 1.165) is 5.56 Å². The summed E-state index contributed by atoms with van der Waals surface area (Å²) in [6, 6.07) is 4.50. The van der Waals surface area contributed by atoms with Gasteiger partial charge in [-0.1, -0.05) is 24.3 Å². The molecular formula is C16H19NO4. The zero-order chi connectivity index (χ0) is 15.2. The molecule has 112 valence electrons. The van der Waals surface area contributed by atoms with Gasteiger partial charge in [0.15, 0.2) is 11.5 Å². The Kier molecular flexibility index (Phi) is 5.00. The minimum Gasteiger partial charge on any atom is -0.504 e. The van der Waals surface area contributed by atoms with Crippen LogP contribution < -0.4 is 0 Å². The first-order valence-electron chi connectivity index (χ1n) is 6.90. The van der Waals surface area contributed by atoms with E-state index in [9.17, 15) is 20.1 Å². The second-order valence-corrected chi connectivity index (χ2v) is 5.02. The summed E-state index contributed by atoms with van der Waals surface area (Å²) in [5.74, 6) is -0.408. The molecule has 0 aliphatic carbocycles. The fourth-order valence-electron chi connectivity index (χ4n) is 2.14. The molecule has 1 amide bonds. The first-order chi connectivity index (χ1) is 10.1. The number of likely N-dealkylation sites (tertiary alicyclic amines) is 1. The predicted octanol–water partition coefficient (Wildman–Crippen LogP) is 1.65. The van der Waals surface area contributed by atoms with Gasteiger partial charge in [-0.3, -0.25) is 4.79 Å². The summed E-state index contributed by atoms with van der Waals surface area (Å²) in [7, 11) is 0. The van der Waals surface area contributed by atoms with E-state index in [-0.39, 0.29) is 23.5 Å². The third-order valence-electron chi connectivity index (χ3n) is 3.41. The van der Waals surface area contributed by atoms with E-state index in [1.807, 2.05) is 0 Å². The van der Waals surface area contributed by atoms with Gasteiger partial charge in [0, 0.05) is 19.2 Å². The van der Waals surface area contributed by atoms with Gasteiger partial charge in [-0.05, 0) is 30.5 Å². The Hall–Kier alpha value is -2.27. The molecule has 0 aromatic heterocycles. The number of nitrogens with zero attached hydrogens (tertiary/aromatic N) is 1. The first kappa shape index (κ1) is 15.1. The van der Waals surface area contributed by atoms with Crippen molar-refractivity contribution in [2.75, 3.05) is 13.1 Å². The number of benzene rings is 1.